The van der Waals surface area contributed by atoms with Crippen molar-refractivity contribution in [1.29, 1.82) is 0 Å². The number of ketones is 1. The van der Waals surface area contributed by atoms with Gasteiger partial charge in [-0.2, -0.15) is 0 Å². The molecule has 1 N–H and O–H groups in total. The fraction of sp³-hybridized carbons (Fsp3) is 0.286. The number of benzene rings is 1. The molecule has 0 amide bonds. The standard InChI is InChI=1S/C21H20N2O4S2/c1-26-12-27-11-13-2-4-15(5-3-13)18-22-20-21(28-18)23-19(29-20)16-8-6-14(7-9-16)17(25)10-24/h2-4,6-9,15,24H,5,10-12H2,1H3. The van der Waals surface area contributed by atoms with Gasteiger partial charge in [-0.1, -0.05) is 65.2 Å². The van der Waals surface area contributed by atoms with Crippen LogP contribution in [0.2, 0.25) is 0 Å². The summed E-state index contributed by atoms with van der Waals surface area (Å²) in [6, 6.07) is 7.15. The van der Waals surface area contributed by atoms with E-state index in [-0.39, 0.29) is 11.7 Å². The lowest BCUT2D eigenvalue weighted by Gasteiger charge is -2.14. The number of nitrogens with zero attached hydrogens (tertiary/aromatic N) is 2. The van der Waals surface area contributed by atoms with Gasteiger partial charge < -0.3 is 14.6 Å². The van der Waals surface area contributed by atoms with Crippen LogP contribution in [0.1, 0.15) is 27.7 Å². The molecule has 1 aliphatic rings. The maximum Gasteiger partial charge on any atom is 0.188 e. The largest absolute Gasteiger partial charge is 0.388 e. The van der Waals surface area contributed by atoms with Crippen molar-refractivity contribution in [3.63, 3.8) is 0 Å². The van der Waals surface area contributed by atoms with E-state index in [4.69, 9.17) is 24.5 Å². The van der Waals surface area contributed by atoms with E-state index in [9.17, 15) is 4.79 Å². The fourth-order valence-electron chi connectivity index (χ4n) is 3.03. The van der Waals surface area contributed by atoms with Crippen LogP contribution in [0.15, 0.2) is 48.1 Å². The first-order valence-corrected chi connectivity index (χ1v) is 10.8. The number of ether oxygens (including phenoxy) is 2. The van der Waals surface area contributed by atoms with Gasteiger partial charge in [0.2, 0.25) is 0 Å². The quantitative estimate of drug-likeness (QED) is 0.329. The average molecular weight is 429 g/mol. The summed E-state index contributed by atoms with van der Waals surface area (Å²) in [6.07, 6.45) is 7.35. The summed E-state index contributed by atoms with van der Waals surface area (Å²) >= 11 is 3.17. The van der Waals surface area contributed by atoms with Gasteiger partial charge in [0.1, 0.15) is 23.4 Å². The number of allylic oxidation sites excluding steroid dienone is 2. The molecule has 150 valence electrons. The van der Waals surface area contributed by atoms with Crippen molar-refractivity contribution in [2.45, 2.75) is 12.3 Å². The number of carbonyl (C=O) groups is 1. The zero-order valence-electron chi connectivity index (χ0n) is 15.8. The molecule has 29 heavy (non-hydrogen) atoms. The second-order valence-electron chi connectivity index (χ2n) is 6.58. The molecular formula is C21H20N2O4S2. The van der Waals surface area contributed by atoms with Gasteiger partial charge in [0.15, 0.2) is 15.4 Å². The summed E-state index contributed by atoms with van der Waals surface area (Å²) in [4.78, 5) is 22.9. The van der Waals surface area contributed by atoms with Gasteiger partial charge in [0.25, 0.3) is 0 Å². The number of hydrogen-bond donors (Lipinski definition) is 1. The second-order valence-corrected chi connectivity index (χ2v) is 8.56. The van der Waals surface area contributed by atoms with E-state index < -0.39 is 6.61 Å². The van der Waals surface area contributed by atoms with Crippen molar-refractivity contribution in [2.24, 2.45) is 0 Å². The Morgan fingerprint density at radius 1 is 1.21 bits per heavy atom. The third-order valence-electron chi connectivity index (χ3n) is 4.55. The number of Topliss-reactive ketones (excluding diaryl/α,β-unsaturated/α-hetero) is 1. The molecule has 1 aromatic carbocycles. The van der Waals surface area contributed by atoms with Crippen molar-refractivity contribution in [2.75, 3.05) is 27.1 Å². The minimum atomic E-state index is -0.481. The maximum absolute atomic E-state index is 11.5. The number of aliphatic hydroxyl groups is 1. The van der Waals surface area contributed by atoms with Gasteiger partial charge >= 0.3 is 0 Å². The maximum atomic E-state index is 11.5. The predicted molar refractivity (Wildman–Crippen MR) is 115 cm³/mol. The molecule has 0 bridgehead atoms. The van der Waals surface area contributed by atoms with E-state index in [1.807, 2.05) is 12.1 Å². The van der Waals surface area contributed by atoms with E-state index in [2.05, 4.69) is 18.2 Å². The fourth-order valence-corrected chi connectivity index (χ4v) is 5.17. The Hall–Kier alpha value is -2.23. The van der Waals surface area contributed by atoms with Crippen molar-refractivity contribution in [3.05, 3.63) is 58.6 Å². The first kappa shape index (κ1) is 20.1. The highest BCUT2D eigenvalue weighted by Gasteiger charge is 2.19. The van der Waals surface area contributed by atoms with Crippen LogP contribution in [0, 0.1) is 0 Å². The number of methoxy groups -OCH3 is 1. The molecule has 0 aliphatic heterocycles. The summed E-state index contributed by atoms with van der Waals surface area (Å²) < 4.78 is 10.3. The third-order valence-corrected chi connectivity index (χ3v) is 6.76. The summed E-state index contributed by atoms with van der Waals surface area (Å²) in [6.45, 7) is 0.370. The molecule has 2 heterocycles. The first-order valence-electron chi connectivity index (χ1n) is 9.13. The highest BCUT2D eigenvalue weighted by molar-refractivity contribution is 7.28. The molecule has 3 aromatic rings. The summed E-state index contributed by atoms with van der Waals surface area (Å²) in [7, 11) is 1.61. The lowest BCUT2D eigenvalue weighted by molar-refractivity contribution is -0.0205. The molecule has 4 rings (SSSR count). The van der Waals surface area contributed by atoms with Crippen LogP contribution in [-0.4, -0.2) is 48.0 Å². The van der Waals surface area contributed by atoms with Crippen LogP contribution in [0.25, 0.3) is 20.2 Å². The number of aliphatic hydroxyl groups excluding tert-OH is 1. The number of fused-ring (bicyclic) bond motifs is 1. The Morgan fingerprint density at radius 3 is 2.66 bits per heavy atom. The van der Waals surface area contributed by atoms with Gasteiger partial charge in [0, 0.05) is 24.2 Å². The second kappa shape index (κ2) is 9.06. The molecule has 1 aliphatic carbocycles. The van der Waals surface area contributed by atoms with Gasteiger partial charge in [-0.15, -0.1) is 0 Å². The molecule has 0 fully saturated rings. The Bertz CT molecular complexity index is 1030. The predicted octanol–water partition coefficient (Wildman–Crippen LogP) is 4.19. The van der Waals surface area contributed by atoms with E-state index >= 15 is 0 Å². The van der Waals surface area contributed by atoms with Gasteiger partial charge in [-0.3, -0.25) is 4.79 Å². The monoisotopic (exact) mass is 428 g/mol. The van der Waals surface area contributed by atoms with Crippen LogP contribution in [-0.2, 0) is 9.47 Å². The Labute approximate surface area is 176 Å². The number of aromatic nitrogens is 2. The molecule has 0 saturated heterocycles. The van der Waals surface area contributed by atoms with Crippen molar-refractivity contribution < 1.29 is 19.4 Å². The number of rotatable bonds is 8. The zero-order valence-corrected chi connectivity index (χ0v) is 17.5. The van der Waals surface area contributed by atoms with Crippen LogP contribution in [0.3, 0.4) is 0 Å². The molecule has 2 aromatic heterocycles. The molecule has 0 spiro atoms. The van der Waals surface area contributed by atoms with Gasteiger partial charge in [0.05, 0.1) is 6.61 Å². The molecular weight excluding hydrogens is 408 g/mol. The van der Waals surface area contributed by atoms with Crippen LogP contribution in [0.4, 0.5) is 0 Å². The zero-order chi connectivity index (χ0) is 20.2. The van der Waals surface area contributed by atoms with Crippen LogP contribution in [0.5, 0.6) is 0 Å². The molecule has 1 atom stereocenters. The number of thiazole rings is 2. The normalized spacial score (nSPS) is 16.3. The molecule has 0 saturated carbocycles. The lowest BCUT2D eigenvalue weighted by Crippen LogP contribution is -2.04. The molecule has 8 heteroatoms. The van der Waals surface area contributed by atoms with Gasteiger partial charge in [-0.25, -0.2) is 9.97 Å². The smallest absolute Gasteiger partial charge is 0.188 e. The van der Waals surface area contributed by atoms with Crippen molar-refractivity contribution >= 4 is 38.1 Å². The molecule has 0 radical (unpaired) electrons. The van der Waals surface area contributed by atoms with Gasteiger partial charge in [-0.05, 0) is 12.0 Å². The topological polar surface area (TPSA) is 81.5 Å². The SMILES string of the molecule is COCOCC1=CCC(c2nc3sc(-c4ccc(C(=O)CO)cc4)nc3s2)C=C1. The average Bonchev–Trinajstić information content (AvgIpc) is 3.33. The van der Waals surface area contributed by atoms with Crippen molar-refractivity contribution in [1.82, 2.24) is 9.97 Å². The van der Waals surface area contributed by atoms with Crippen molar-refractivity contribution in [3.8, 4) is 10.6 Å². The van der Waals surface area contributed by atoms with E-state index in [0.717, 1.165) is 37.2 Å². The number of hydrogen-bond acceptors (Lipinski definition) is 8. The van der Waals surface area contributed by atoms with Crippen LogP contribution < -0.4 is 0 Å². The molecule has 6 nitrogen and oxygen atoms in total. The summed E-state index contributed by atoms with van der Waals surface area (Å²) in [5.74, 6) is -0.0224. The highest BCUT2D eigenvalue weighted by atomic mass is 32.1. The Kier molecular flexibility index (Phi) is 6.27. The first-order chi connectivity index (χ1) is 14.2. The third kappa shape index (κ3) is 4.52. The Balaban J connectivity index is 1.45. The van der Waals surface area contributed by atoms with E-state index in [0.29, 0.717) is 19.0 Å². The minimum absolute atomic E-state index is 0.264. The van der Waals surface area contributed by atoms with Crippen LogP contribution >= 0.6 is 22.7 Å². The lowest BCUT2D eigenvalue weighted by atomic mass is 9.98. The van der Waals surface area contributed by atoms with E-state index in [1.54, 1.807) is 41.9 Å². The highest BCUT2D eigenvalue weighted by Crippen LogP contribution is 2.37. The Morgan fingerprint density at radius 2 is 2.00 bits per heavy atom. The minimum Gasteiger partial charge on any atom is -0.388 e. The number of carbonyl (C=O) groups excluding carboxylic acids is 1. The molecule has 1 unspecified atom stereocenters. The van der Waals surface area contributed by atoms with E-state index in [1.165, 1.54) is 0 Å². The summed E-state index contributed by atoms with van der Waals surface area (Å²) in [5, 5.41) is 10.9. The summed E-state index contributed by atoms with van der Waals surface area (Å²) in [5.41, 5.74) is 2.59.